The molecule has 1 amide bonds. The maximum atomic E-state index is 14.4. The maximum Gasteiger partial charge on any atom is 0.280 e. The predicted octanol–water partition coefficient (Wildman–Crippen LogP) is 3.78. The van der Waals surface area contributed by atoms with E-state index in [1.807, 2.05) is 18.3 Å². The molecule has 1 atom stereocenters. The number of aromatic nitrogens is 2. The van der Waals surface area contributed by atoms with Gasteiger partial charge < -0.3 is 14.4 Å². The average Bonchev–Trinajstić information content (AvgIpc) is 3.49. The van der Waals surface area contributed by atoms with Crippen molar-refractivity contribution in [2.24, 2.45) is 0 Å². The van der Waals surface area contributed by atoms with Gasteiger partial charge in [0.1, 0.15) is 37.0 Å². The third kappa shape index (κ3) is 4.37. The summed E-state index contributed by atoms with van der Waals surface area (Å²) in [6.45, 7) is 1.31. The number of halogens is 2. The van der Waals surface area contributed by atoms with E-state index in [9.17, 15) is 13.6 Å². The molecule has 0 saturated carbocycles. The molecule has 2 aliphatic rings. The zero-order valence-corrected chi connectivity index (χ0v) is 19.5. The minimum Gasteiger partial charge on any atom is -0.486 e. The largest absolute Gasteiger partial charge is 0.486 e. The lowest BCUT2D eigenvalue weighted by atomic mass is 10.0. The number of benzene rings is 1. The molecule has 180 valence electrons. The van der Waals surface area contributed by atoms with Crippen molar-refractivity contribution in [1.82, 2.24) is 18.4 Å². The number of pyridine rings is 1. The van der Waals surface area contributed by atoms with Gasteiger partial charge in [-0.15, -0.1) is 0 Å². The average molecular weight is 490 g/mol. The van der Waals surface area contributed by atoms with Crippen LogP contribution < -0.4 is 19.1 Å². The fourth-order valence-electron chi connectivity index (χ4n) is 4.44. The Morgan fingerprint density at radius 3 is 3.03 bits per heavy atom. The molecule has 2 aliphatic heterocycles. The molecule has 34 heavy (non-hydrogen) atoms. The summed E-state index contributed by atoms with van der Waals surface area (Å²) in [6.07, 6.45) is 5.16. The van der Waals surface area contributed by atoms with Crippen molar-refractivity contribution in [2.75, 3.05) is 44.9 Å². The Morgan fingerprint density at radius 1 is 1.32 bits per heavy atom. The second-order valence-corrected chi connectivity index (χ2v) is 9.20. The number of alkyl halides is 1. The number of carbonyl (C=O) groups is 1. The van der Waals surface area contributed by atoms with Crippen molar-refractivity contribution in [2.45, 2.75) is 18.9 Å². The van der Waals surface area contributed by atoms with Gasteiger partial charge in [-0.05, 0) is 38.1 Å². The van der Waals surface area contributed by atoms with Crippen molar-refractivity contribution >= 4 is 29.4 Å². The Balaban J connectivity index is 1.44. The van der Waals surface area contributed by atoms with Crippen molar-refractivity contribution in [3.63, 3.8) is 0 Å². The lowest BCUT2D eigenvalue weighted by Gasteiger charge is -2.30. The second kappa shape index (κ2) is 9.67. The van der Waals surface area contributed by atoms with E-state index in [4.69, 9.17) is 9.47 Å². The smallest absolute Gasteiger partial charge is 0.280 e. The highest BCUT2D eigenvalue weighted by atomic mass is 32.2. The molecule has 1 aromatic carbocycles. The van der Waals surface area contributed by atoms with E-state index in [0.29, 0.717) is 36.1 Å². The highest BCUT2D eigenvalue weighted by molar-refractivity contribution is 7.95. The standard InChI is InChI=1S/C23H25F2N5O3S/c1-28(8-6-24)34-27-23(31)19-13-26-21-5-4-16(14-30(19)21)29-7-2-3-18(29)17-11-15(25)12-20-22(17)33-10-9-32-20/h4-5,11-14,18H,2-3,6-10H2,1H3,(H,27,31). The molecule has 0 bridgehead atoms. The van der Waals surface area contributed by atoms with Crippen molar-refractivity contribution < 1.29 is 23.0 Å². The first-order valence-electron chi connectivity index (χ1n) is 11.1. The molecule has 1 fully saturated rings. The van der Waals surface area contributed by atoms with Crippen LogP contribution in [0.3, 0.4) is 0 Å². The fourth-order valence-corrected chi connectivity index (χ4v) is 4.94. The third-order valence-electron chi connectivity index (χ3n) is 6.00. The monoisotopic (exact) mass is 489 g/mol. The fraction of sp³-hybridized carbons (Fsp3) is 0.391. The molecule has 0 aliphatic carbocycles. The number of nitrogens with one attached hydrogen (secondary N) is 1. The summed E-state index contributed by atoms with van der Waals surface area (Å²) in [5, 5.41) is 0. The van der Waals surface area contributed by atoms with Crippen LogP contribution in [0.25, 0.3) is 5.65 Å². The topological polar surface area (TPSA) is 71.3 Å². The van der Waals surface area contributed by atoms with Gasteiger partial charge >= 0.3 is 0 Å². The minimum absolute atomic E-state index is 0.0886. The molecular weight excluding hydrogens is 464 g/mol. The van der Waals surface area contributed by atoms with Crippen molar-refractivity contribution in [3.8, 4) is 11.5 Å². The Labute approximate surface area is 200 Å². The van der Waals surface area contributed by atoms with E-state index in [1.54, 1.807) is 15.8 Å². The van der Waals surface area contributed by atoms with E-state index < -0.39 is 6.67 Å². The number of hydrogen-bond acceptors (Lipinski definition) is 7. The number of carbonyl (C=O) groups excluding carboxylic acids is 1. The summed E-state index contributed by atoms with van der Waals surface area (Å²) in [6, 6.07) is 6.60. The van der Waals surface area contributed by atoms with E-state index in [1.165, 1.54) is 18.3 Å². The van der Waals surface area contributed by atoms with Gasteiger partial charge in [0.25, 0.3) is 5.91 Å². The summed E-state index contributed by atoms with van der Waals surface area (Å²) in [7, 11) is 1.70. The molecule has 1 N–H and O–H groups in total. The molecule has 1 unspecified atom stereocenters. The maximum absolute atomic E-state index is 14.4. The van der Waals surface area contributed by atoms with Crippen molar-refractivity contribution in [3.05, 3.63) is 53.7 Å². The molecule has 1 saturated heterocycles. The van der Waals surface area contributed by atoms with E-state index in [2.05, 4.69) is 14.6 Å². The van der Waals surface area contributed by atoms with Crippen LogP contribution in [-0.2, 0) is 0 Å². The van der Waals surface area contributed by atoms with Crippen LogP contribution in [0.1, 0.15) is 34.9 Å². The van der Waals surface area contributed by atoms with Gasteiger partial charge in [0, 0.05) is 43.1 Å². The molecule has 3 aromatic rings. The third-order valence-corrected chi connectivity index (χ3v) is 6.77. The Morgan fingerprint density at radius 2 is 2.18 bits per heavy atom. The summed E-state index contributed by atoms with van der Waals surface area (Å²) in [4.78, 5) is 19.3. The zero-order chi connectivity index (χ0) is 23.7. The number of ether oxygens (including phenoxy) is 2. The first-order chi connectivity index (χ1) is 16.5. The van der Waals surface area contributed by atoms with Gasteiger partial charge in [0.2, 0.25) is 0 Å². The van der Waals surface area contributed by atoms with Gasteiger partial charge in [-0.2, -0.15) is 0 Å². The number of imidazole rings is 1. The second-order valence-electron chi connectivity index (χ2n) is 8.19. The first-order valence-corrected chi connectivity index (χ1v) is 11.9. The molecule has 11 heteroatoms. The lowest BCUT2D eigenvalue weighted by molar-refractivity contribution is 0.0977. The minimum atomic E-state index is -0.499. The molecule has 0 radical (unpaired) electrons. The number of nitrogens with zero attached hydrogens (tertiary/aromatic N) is 4. The van der Waals surface area contributed by atoms with E-state index in [-0.39, 0.29) is 24.3 Å². The number of anilines is 1. The molecule has 5 rings (SSSR count). The summed E-state index contributed by atoms with van der Waals surface area (Å²) in [5.41, 5.74) is 2.66. The van der Waals surface area contributed by atoms with Gasteiger partial charge in [0.15, 0.2) is 11.5 Å². The highest BCUT2D eigenvalue weighted by Gasteiger charge is 2.32. The van der Waals surface area contributed by atoms with E-state index >= 15 is 0 Å². The van der Waals surface area contributed by atoms with Crippen LogP contribution in [-0.4, -0.2) is 59.6 Å². The summed E-state index contributed by atoms with van der Waals surface area (Å²) >= 11 is 1.04. The zero-order valence-electron chi connectivity index (χ0n) is 18.7. The number of hydrogen-bond donors (Lipinski definition) is 1. The van der Waals surface area contributed by atoms with Crippen molar-refractivity contribution in [1.29, 1.82) is 0 Å². The molecular formula is C23H25F2N5O3S. The summed E-state index contributed by atoms with van der Waals surface area (Å²) in [5.74, 6) is 0.350. The Bertz CT molecular complexity index is 1210. The lowest BCUT2D eigenvalue weighted by Crippen LogP contribution is -2.26. The van der Waals surface area contributed by atoms with Crippen LogP contribution in [0.4, 0.5) is 14.5 Å². The molecule has 8 nitrogen and oxygen atoms in total. The van der Waals surface area contributed by atoms with Crippen LogP contribution in [0.5, 0.6) is 11.5 Å². The van der Waals surface area contributed by atoms with Gasteiger partial charge in [-0.1, -0.05) is 0 Å². The number of rotatable bonds is 7. The normalized spacial score (nSPS) is 17.5. The number of amides is 1. The number of fused-ring (bicyclic) bond motifs is 2. The Hall–Kier alpha value is -3.05. The predicted molar refractivity (Wildman–Crippen MR) is 126 cm³/mol. The van der Waals surface area contributed by atoms with Crippen LogP contribution in [0, 0.1) is 5.82 Å². The van der Waals surface area contributed by atoms with Crippen LogP contribution in [0.2, 0.25) is 0 Å². The summed E-state index contributed by atoms with van der Waals surface area (Å²) < 4.78 is 44.4. The molecule has 4 heterocycles. The van der Waals surface area contributed by atoms with Gasteiger partial charge in [-0.25, -0.2) is 18.1 Å². The molecule has 0 spiro atoms. The quantitative estimate of drug-likeness (QED) is 0.507. The van der Waals surface area contributed by atoms with Gasteiger partial charge in [0.05, 0.1) is 17.9 Å². The van der Waals surface area contributed by atoms with Crippen LogP contribution >= 0.6 is 12.1 Å². The van der Waals surface area contributed by atoms with Gasteiger partial charge in [-0.3, -0.25) is 13.9 Å². The highest BCUT2D eigenvalue weighted by Crippen LogP contribution is 2.45. The van der Waals surface area contributed by atoms with Crippen LogP contribution in [0.15, 0.2) is 36.7 Å². The Kier molecular flexibility index (Phi) is 6.46. The van der Waals surface area contributed by atoms with E-state index in [0.717, 1.165) is 42.8 Å². The first kappa shape index (κ1) is 22.7. The SMILES string of the molecule is CN(CCF)SNC(=O)c1cnc2ccc(N3CCCC3c3cc(F)cc4c3OCCO4)cn12. The molecule has 2 aromatic heterocycles.